The van der Waals surface area contributed by atoms with Crippen LogP contribution in [-0.2, 0) is 13.5 Å². The summed E-state index contributed by atoms with van der Waals surface area (Å²) in [5.41, 5.74) is 2.98. The molecule has 2 aromatic heterocycles. The third-order valence-electron chi connectivity index (χ3n) is 4.33. The quantitative estimate of drug-likeness (QED) is 0.863. The van der Waals surface area contributed by atoms with Crippen molar-refractivity contribution < 1.29 is 0 Å². The fourth-order valence-electron chi connectivity index (χ4n) is 3.01. The molecule has 0 N–H and O–H groups in total. The summed E-state index contributed by atoms with van der Waals surface area (Å²) < 4.78 is 1.82. The molecular weight excluding hydrogens is 262 g/mol. The highest BCUT2D eigenvalue weighted by molar-refractivity contribution is 5.52. The largest absolute Gasteiger partial charge is 0.301 e. The van der Waals surface area contributed by atoms with Crippen LogP contribution in [0, 0.1) is 5.92 Å². The zero-order chi connectivity index (χ0) is 14.8. The molecule has 0 amide bonds. The lowest BCUT2D eigenvalue weighted by atomic mass is 10.0. The van der Waals surface area contributed by atoms with E-state index < -0.39 is 0 Å². The maximum absolute atomic E-state index is 4.59. The molecule has 0 radical (unpaired) electrons. The molecule has 0 saturated carbocycles. The Morgan fingerprint density at radius 1 is 1.29 bits per heavy atom. The first-order valence-corrected chi connectivity index (χ1v) is 7.67. The number of hydrogen-bond acceptors (Lipinski definition) is 4. The average Bonchev–Trinajstić information content (AvgIpc) is 3.09. The number of nitrogens with zero attached hydrogens (tertiary/aromatic N) is 5. The minimum absolute atomic E-state index is 0.647. The van der Waals surface area contributed by atoms with Gasteiger partial charge in [-0.05, 0) is 45.2 Å². The lowest BCUT2D eigenvalue weighted by molar-refractivity contribution is 0.264. The van der Waals surface area contributed by atoms with E-state index in [1.165, 1.54) is 19.5 Å². The molecular formula is C16H23N5. The van der Waals surface area contributed by atoms with Crippen molar-refractivity contribution in [1.29, 1.82) is 0 Å². The summed E-state index contributed by atoms with van der Waals surface area (Å²) in [6.45, 7) is 6.93. The monoisotopic (exact) mass is 285 g/mol. The van der Waals surface area contributed by atoms with Crippen LogP contribution in [0.25, 0.3) is 11.4 Å². The zero-order valence-electron chi connectivity index (χ0n) is 13.0. The molecule has 3 rings (SSSR count). The summed E-state index contributed by atoms with van der Waals surface area (Å²) in [6.07, 6.45) is 7.86. The Kier molecular flexibility index (Phi) is 4.01. The van der Waals surface area contributed by atoms with Gasteiger partial charge in [0.05, 0.1) is 17.6 Å². The third-order valence-corrected chi connectivity index (χ3v) is 4.33. The Labute approximate surface area is 126 Å². The highest BCUT2D eigenvalue weighted by atomic mass is 15.3. The lowest BCUT2D eigenvalue weighted by Crippen LogP contribution is -2.28. The van der Waals surface area contributed by atoms with E-state index in [-0.39, 0.29) is 0 Å². The lowest BCUT2D eigenvalue weighted by Gasteiger charge is -2.20. The SMILES string of the molecule is CC(C)N1CC[C@H](Cc2cnc(-c3ccnn3C)cn2)C1. The van der Waals surface area contributed by atoms with E-state index >= 15 is 0 Å². The molecule has 112 valence electrons. The number of hydrogen-bond donors (Lipinski definition) is 0. The summed E-state index contributed by atoms with van der Waals surface area (Å²) in [7, 11) is 1.92. The Morgan fingerprint density at radius 2 is 2.14 bits per heavy atom. The second kappa shape index (κ2) is 5.93. The first-order valence-electron chi connectivity index (χ1n) is 7.67. The van der Waals surface area contributed by atoms with E-state index in [4.69, 9.17) is 0 Å². The maximum Gasteiger partial charge on any atom is 0.107 e. The van der Waals surface area contributed by atoms with Gasteiger partial charge >= 0.3 is 0 Å². The summed E-state index contributed by atoms with van der Waals surface area (Å²) in [5.74, 6) is 0.712. The van der Waals surface area contributed by atoms with Gasteiger partial charge < -0.3 is 4.90 Å². The van der Waals surface area contributed by atoms with Crippen molar-refractivity contribution in [2.75, 3.05) is 13.1 Å². The molecule has 1 saturated heterocycles. The van der Waals surface area contributed by atoms with Crippen LogP contribution in [0.3, 0.4) is 0 Å². The van der Waals surface area contributed by atoms with Crippen LogP contribution < -0.4 is 0 Å². The first-order chi connectivity index (χ1) is 10.1. The second-order valence-electron chi connectivity index (χ2n) is 6.18. The van der Waals surface area contributed by atoms with Crippen molar-refractivity contribution >= 4 is 0 Å². The molecule has 5 heteroatoms. The van der Waals surface area contributed by atoms with Crippen molar-refractivity contribution in [3.63, 3.8) is 0 Å². The highest BCUT2D eigenvalue weighted by Crippen LogP contribution is 2.22. The van der Waals surface area contributed by atoms with Crippen LogP contribution in [0.2, 0.25) is 0 Å². The Balaban J connectivity index is 1.64. The van der Waals surface area contributed by atoms with Gasteiger partial charge in [-0.2, -0.15) is 5.10 Å². The second-order valence-corrected chi connectivity index (χ2v) is 6.18. The molecule has 0 spiro atoms. The van der Waals surface area contributed by atoms with Gasteiger partial charge in [0.25, 0.3) is 0 Å². The fraction of sp³-hybridized carbons (Fsp3) is 0.562. The smallest absolute Gasteiger partial charge is 0.107 e. The van der Waals surface area contributed by atoms with Crippen LogP contribution in [-0.4, -0.2) is 43.8 Å². The van der Waals surface area contributed by atoms with E-state index in [0.717, 1.165) is 23.5 Å². The van der Waals surface area contributed by atoms with Gasteiger partial charge in [-0.25, -0.2) is 0 Å². The number of likely N-dealkylation sites (tertiary alicyclic amines) is 1. The van der Waals surface area contributed by atoms with Crippen molar-refractivity contribution in [2.24, 2.45) is 13.0 Å². The van der Waals surface area contributed by atoms with E-state index in [1.54, 1.807) is 6.20 Å². The van der Waals surface area contributed by atoms with E-state index in [0.29, 0.717) is 12.0 Å². The minimum Gasteiger partial charge on any atom is -0.301 e. The van der Waals surface area contributed by atoms with Crippen molar-refractivity contribution in [2.45, 2.75) is 32.7 Å². The minimum atomic E-state index is 0.647. The first kappa shape index (κ1) is 14.2. The van der Waals surface area contributed by atoms with Gasteiger partial charge in [-0.15, -0.1) is 0 Å². The molecule has 0 aromatic carbocycles. The predicted molar refractivity (Wildman–Crippen MR) is 82.8 cm³/mol. The van der Waals surface area contributed by atoms with Gasteiger partial charge in [-0.3, -0.25) is 14.6 Å². The zero-order valence-corrected chi connectivity index (χ0v) is 13.0. The number of aromatic nitrogens is 4. The maximum atomic E-state index is 4.59. The normalized spacial score (nSPS) is 19.5. The molecule has 1 aliphatic heterocycles. The Morgan fingerprint density at radius 3 is 2.71 bits per heavy atom. The van der Waals surface area contributed by atoms with E-state index in [2.05, 4.69) is 33.8 Å². The van der Waals surface area contributed by atoms with Gasteiger partial charge in [-0.1, -0.05) is 0 Å². The summed E-state index contributed by atoms with van der Waals surface area (Å²) in [6, 6.07) is 2.61. The summed E-state index contributed by atoms with van der Waals surface area (Å²) in [4.78, 5) is 11.7. The molecule has 0 bridgehead atoms. The highest BCUT2D eigenvalue weighted by Gasteiger charge is 2.24. The topological polar surface area (TPSA) is 46.8 Å². The Hall–Kier alpha value is -1.75. The van der Waals surface area contributed by atoms with E-state index in [9.17, 15) is 0 Å². The molecule has 1 fully saturated rings. The van der Waals surface area contributed by atoms with Crippen molar-refractivity contribution in [1.82, 2.24) is 24.6 Å². The Bertz CT molecular complexity index is 587. The molecule has 1 aliphatic rings. The van der Waals surface area contributed by atoms with Crippen LogP contribution >= 0.6 is 0 Å². The predicted octanol–water partition coefficient (Wildman–Crippen LogP) is 2.15. The molecule has 1 atom stereocenters. The van der Waals surface area contributed by atoms with Crippen LogP contribution in [0.5, 0.6) is 0 Å². The van der Waals surface area contributed by atoms with Gasteiger partial charge in [0.2, 0.25) is 0 Å². The van der Waals surface area contributed by atoms with E-state index in [1.807, 2.05) is 30.2 Å². The van der Waals surface area contributed by atoms with Crippen LogP contribution in [0.1, 0.15) is 26.0 Å². The number of rotatable bonds is 4. The molecule has 21 heavy (non-hydrogen) atoms. The van der Waals surface area contributed by atoms with Gasteiger partial charge in [0, 0.05) is 32.0 Å². The van der Waals surface area contributed by atoms with Gasteiger partial charge in [0.15, 0.2) is 0 Å². The standard InChI is InChI=1S/C16H23N5/c1-12(2)21-7-5-13(11-21)8-14-9-18-15(10-17-14)16-4-6-19-20(16)3/h4,6,9-10,12-13H,5,7-8,11H2,1-3H3/t13-/m1/s1. The van der Waals surface area contributed by atoms with Crippen LogP contribution in [0.15, 0.2) is 24.7 Å². The molecule has 3 heterocycles. The fourth-order valence-corrected chi connectivity index (χ4v) is 3.01. The molecule has 5 nitrogen and oxygen atoms in total. The summed E-state index contributed by atoms with van der Waals surface area (Å²) in [5, 5.41) is 4.17. The van der Waals surface area contributed by atoms with Crippen LogP contribution in [0.4, 0.5) is 0 Å². The molecule has 2 aromatic rings. The average molecular weight is 285 g/mol. The van der Waals surface area contributed by atoms with Crippen molar-refractivity contribution in [3.05, 3.63) is 30.4 Å². The van der Waals surface area contributed by atoms with Crippen molar-refractivity contribution in [3.8, 4) is 11.4 Å². The number of aryl methyl sites for hydroxylation is 1. The summed E-state index contributed by atoms with van der Waals surface area (Å²) >= 11 is 0. The molecule has 0 unspecified atom stereocenters. The molecule has 0 aliphatic carbocycles. The third kappa shape index (κ3) is 3.13. The van der Waals surface area contributed by atoms with Gasteiger partial charge in [0.1, 0.15) is 5.69 Å².